The predicted octanol–water partition coefficient (Wildman–Crippen LogP) is 2.93. The fraction of sp³-hybridized carbons (Fsp3) is 0.500. The molecule has 1 aromatic rings. The summed E-state index contributed by atoms with van der Waals surface area (Å²) in [5, 5.41) is 2.48. The van der Waals surface area contributed by atoms with Crippen molar-refractivity contribution in [3.63, 3.8) is 0 Å². The number of nitrogens with one attached hydrogen (secondary N) is 1. The van der Waals surface area contributed by atoms with Gasteiger partial charge in [-0.15, -0.1) is 0 Å². The first-order chi connectivity index (χ1) is 8.96. The van der Waals surface area contributed by atoms with Gasteiger partial charge in [0, 0.05) is 6.42 Å². The van der Waals surface area contributed by atoms with E-state index in [9.17, 15) is 9.59 Å². The Labute approximate surface area is 114 Å². The molecular formula is C16H21NO2. The minimum atomic E-state index is -0.274. The first-order valence-electron chi connectivity index (χ1n) is 6.86. The number of piperidine rings is 1. The van der Waals surface area contributed by atoms with Crippen molar-refractivity contribution in [2.75, 3.05) is 0 Å². The maximum atomic E-state index is 12.2. The van der Waals surface area contributed by atoms with Gasteiger partial charge >= 0.3 is 0 Å². The highest BCUT2D eigenvalue weighted by molar-refractivity contribution is 6.02. The van der Waals surface area contributed by atoms with Crippen molar-refractivity contribution < 1.29 is 9.59 Å². The highest BCUT2D eigenvalue weighted by atomic mass is 16.2. The molecule has 0 spiro atoms. The predicted molar refractivity (Wildman–Crippen MR) is 74.7 cm³/mol. The molecule has 19 heavy (non-hydrogen) atoms. The molecule has 3 nitrogen and oxygen atoms in total. The van der Waals surface area contributed by atoms with Crippen LogP contribution < -0.4 is 5.32 Å². The summed E-state index contributed by atoms with van der Waals surface area (Å²) in [6, 6.07) is 8.05. The summed E-state index contributed by atoms with van der Waals surface area (Å²) in [4.78, 5) is 23.9. The van der Waals surface area contributed by atoms with Crippen molar-refractivity contribution in [3.8, 4) is 0 Å². The Morgan fingerprint density at radius 1 is 1.26 bits per heavy atom. The number of imide groups is 1. The second-order valence-corrected chi connectivity index (χ2v) is 5.84. The highest BCUT2D eigenvalue weighted by Gasteiger charge is 2.45. The van der Waals surface area contributed by atoms with Crippen molar-refractivity contribution in [3.05, 3.63) is 35.4 Å². The summed E-state index contributed by atoms with van der Waals surface area (Å²) >= 11 is 0. The zero-order chi connectivity index (χ0) is 14.0. The van der Waals surface area contributed by atoms with Crippen molar-refractivity contribution in [1.82, 2.24) is 5.32 Å². The van der Waals surface area contributed by atoms with E-state index in [2.05, 4.69) is 19.2 Å². The summed E-state index contributed by atoms with van der Waals surface area (Å²) < 4.78 is 0. The Balaban J connectivity index is 2.40. The maximum absolute atomic E-state index is 12.2. The van der Waals surface area contributed by atoms with Crippen LogP contribution in [0.25, 0.3) is 0 Å². The van der Waals surface area contributed by atoms with Crippen LogP contribution in [0.1, 0.15) is 50.2 Å². The van der Waals surface area contributed by atoms with E-state index in [1.807, 2.05) is 31.2 Å². The van der Waals surface area contributed by atoms with Gasteiger partial charge in [-0.1, -0.05) is 50.1 Å². The molecule has 102 valence electrons. The second-order valence-electron chi connectivity index (χ2n) is 5.84. The molecule has 0 radical (unpaired) electrons. The molecule has 1 fully saturated rings. The fourth-order valence-electron chi connectivity index (χ4n) is 3.16. The normalized spacial score (nSPS) is 27.2. The number of benzene rings is 1. The maximum Gasteiger partial charge on any atom is 0.234 e. The Morgan fingerprint density at radius 3 is 2.47 bits per heavy atom. The second kappa shape index (κ2) is 5.16. The molecule has 1 aliphatic heterocycles. The van der Waals surface area contributed by atoms with Gasteiger partial charge in [-0.2, -0.15) is 0 Å². The standard InChI is InChI=1S/C16H21NO2/c1-4-9-16(3)10-13(18)17-15(19)14(16)12-7-5-11(2)6-8-12/h5-8,14H,4,9-10H2,1-3H3,(H,17,18,19). The van der Waals surface area contributed by atoms with Crippen molar-refractivity contribution >= 4 is 11.8 Å². The molecule has 2 unspecified atom stereocenters. The first kappa shape index (κ1) is 13.8. The Morgan fingerprint density at radius 2 is 1.89 bits per heavy atom. The van der Waals surface area contributed by atoms with Gasteiger partial charge in [0.1, 0.15) is 0 Å². The van der Waals surface area contributed by atoms with Crippen LogP contribution in [-0.2, 0) is 9.59 Å². The molecular weight excluding hydrogens is 238 g/mol. The minimum Gasteiger partial charge on any atom is -0.296 e. The lowest BCUT2D eigenvalue weighted by atomic mass is 9.66. The minimum absolute atomic E-state index is 0.149. The van der Waals surface area contributed by atoms with Gasteiger partial charge in [-0.05, 0) is 24.3 Å². The largest absolute Gasteiger partial charge is 0.296 e. The summed E-state index contributed by atoms with van der Waals surface area (Å²) in [6.07, 6.45) is 2.27. The lowest BCUT2D eigenvalue weighted by Crippen LogP contribution is -2.49. The Hall–Kier alpha value is -1.64. The van der Waals surface area contributed by atoms with Crippen molar-refractivity contribution in [2.45, 2.75) is 46.0 Å². The number of hydrogen-bond donors (Lipinski definition) is 1. The van der Waals surface area contributed by atoms with Crippen molar-refractivity contribution in [1.29, 1.82) is 0 Å². The van der Waals surface area contributed by atoms with Gasteiger partial charge in [0.25, 0.3) is 0 Å². The topological polar surface area (TPSA) is 46.2 Å². The lowest BCUT2D eigenvalue weighted by molar-refractivity contribution is -0.139. The molecule has 2 amide bonds. The van der Waals surface area contributed by atoms with Gasteiger partial charge in [-0.25, -0.2) is 0 Å². The summed E-state index contributed by atoms with van der Waals surface area (Å²) in [7, 11) is 0. The molecule has 1 heterocycles. The van der Waals surface area contributed by atoms with Crippen LogP contribution in [0.5, 0.6) is 0 Å². The Bertz CT molecular complexity index is 492. The van der Waals surface area contributed by atoms with Crippen molar-refractivity contribution in [2.24, 2.45) is 5.41 Å². The van der Waals surface area contributed by atoms with E-state index in [1.54, 1.807) is 0 Å². The average molecular weight is 259 g/mol. The zero-order valence-corrected chi connectivity index (χ0v) is 11.8. The highest BCUT2D eigenvalue weighted by Crippen LogP contribution is 2.44. The first-order valence-corrected chi connectivity index (χ1v) is 6.86. The average Bonchev–Trinajstić information content (AvgIpc) is 2.30. The van der Waals surface area contributed by atoms with E-state index in [4.69, 9.17) is 0 Å². The molecule has 0 aromatic heterocycles. The van der Waals surface area contributed by atoms with Gasteiger partial charge < -0.3 is 0 Å². The smallest absolute Gasteiger partial charge is 0.234 e. The molecule has 0 aliphatic carbocycles. The van der Waals surface area contributed by atoms with Crippen LogP contribution in [0.15, 0.2) is 24.3 Å². The third-order valence-electron chi connectivity index (χ3n) is 4.02. The quantitative estimate of drug-likeness (QED) is 0.848. The molecule has 0 saturated carbocycles. The molecule has 1 N–H and O–H groups in total. The summed E-state index contributed by atoms with van der Waals surface area (Å²) in [5.74, 6) is -0.536. The molecule has 1 saturated heterocycles. The molecule has 1 aliphatic rings. The van der Waals surface area contributed by atoms with Gasteiger partial charge in [0.15, 0.2) is 0 Å². The number of carbonyl (C=O) groups is 2. The van der Waals surface area contributed by atoms with E-state index < -0.39 is 0 Å². The molecule has 1 aromatic carbocycles. The third kappa shape index (κ3) is 2.70. The van der Waals surface area contributed by atoms with E-state index in [1.165, 1.54) is 5.56 Å². The summed E-state index contributed by atoms with van der Waals surface area (Å²) in [6.45, 7) is 6.17. The lowest BCUT2D eigenvalue weighted by Gasteiger charge is -2.40. The third-order valence-corrected chi connectivity index (χ3v) is 4.02. The Kier molecular flexibility index (Phi) is 3.74. The van der Waals surface area contributed by atoms with Gasteiger partial charge in [0.2, 0.25) is 11.8 Å². The van der Waals surface area contributed by atoms with Crippen LogP contribution in [0.2, 0.25) is 0 Å². The van der Waals surface area contributed by atoms with E-state index >= 15 is 0 Å². The number of amides is 2. The number of rotatable bonds is 3. The van der Waals surface area contributed by atoms with Gasteiger partial charge in [0.05, 0.1) is 5.92 Å². The number of hydrogen-bond acceptors (Lipinski definition) is 2. The number of aryl methyl sites for hydroxylation is 1. The number of carbonyl (C=O) groups excluding carboxylic acids is 2. The molecule has 0 bridgehead atoms. The molecule has 2 rings (SSSR count). The van der Waals surface area contributed by atoms with Crippen LogP contribution >= 0.6 is 0 Å². The van der Waals surface area contributed by atoms with E-state index in [0.717, 1.165) is 18.4 Å². The summed E-state index contributed by atoms with van der Waals surface area (Å²) in [5.41, 5.74) is 1.91. The van der Waals surface area contributed by atoms with Crippen LogP contribution in [0.4, 0.5) is 0 Å². The molecule has 3 heteroatoms. The van der Waals surface area contributed by atoms with Crippen LogP contribution in [0.3, 0.4) is 0 Å². The monoisotopic (exact) mass is 259 g/mol. The SMILES string of the molecule is CCCC1(C)CC(=O)NC(=O)C1c1ccc(C)cc1. The zero-order valence-electron chi connectivity index (χ0n) is 11.8. The van der Waals surface area contributed by atoms with E-state index in [-0.39, 0.29) is 23.1 Å². The van der Waals surface area contributed by atoms with E-state index in [0.29, 0.717) is 6.42 Å². The fourth-order valence-corrected chi connectivity index (χ4v) is 3.16. The molecule has 2 atom stereocenters. The van der Waals surface area contributed by atoms with Crippen LogP contribution in [-0.4, -0.2) is 11.8 Å². The van der Waals surface area contributed by atoms with Gasteiger partial charge in [-0.3, -0.25) is 14.9 Å². The van der Waals surface area contributed by atoms with Crippen LogP contribution in [0, 0.1) is 12.3 Å².